The summed E-state index contributed by atoms with van der Waals surface area (Å²) in [6, 6.07) is 19.9. The first-order valence-electron chi connectivity index (χ1n) is 8.36. The second kappa shape index (κ2) is 6.78. The quantitative estimate of drug-likeness (QED) is 0.488. The Bertz CT molecular complexity index is 1070. The number of thiophene rings is 1. The summed E-state index contributed by atoms with van der Waals surface area (Å²) in [6.07, 6.45) is 2.15. The molecule has 0 radical (unpaired) electrons. The van der Waals surface area contributed by atoms with E-state index in [4.69, 9.17) is 10.8 Å². The first-order valence-corrected chi connectivity index (χ1v) is 9.17. The third kappa shape index (κ3) is 3.14. The van der Waals surface area contributed by atoms with Crippen molar-refractivity contribution in [2.24, 2.45) is 5.73 Å². The van der Waals surface area contributed by atoms with E-state index in [2.05, 4.69) is 41.4 Å². The van der Waals surface area contributed by atoms with Crippen LogP contribution in [0.2, 0.25) is 0 Å². The van der Waals surface area contributed by atoms with Crippen molar-refractivity contribution in [2.45, 2.75) is 12.5 Å². The van der Waals surface area contributed by atoms with E-state index in [1.54, 1.807) is 11.3 Å². The van der Waals surface area contributed by atoms with Crippen molar-refractivity contribution in [3.05, 3.63) is 72.4 Å². The van der Waals surface area contributed by atoms with Gasteiger partial charge in [-0.15, -0.1) is 11.3 Å². The van der Waals surface area contributed by atoms with Crippen LogP contribution in [0.15, 0.2) is 66.9 Å². The zero-order chi connectivity index (χ0) is 18.1. The molecule has 2 aromatic carbocycles. The second-order valence-corrected chi connectivity index (χ2v) is 7.34. The van der Waals surface area contributed by atoms with Gasteiger partial charge in [0.05, 0.1) is 0 Å². The predicted octanol–water partition coefficient (Wildman–Crippen LogP) is 4.52. The van der Waals surface area contributed by atoms with Crippen LogP contribution in [0.25, 0.3) is 31.8 Å². The van der Waals surface area contributed by atoms with Crippen LogP contribution >= 0.6 is 11.3 Å². The molecular weight excluding hydrogens is 344 g/mol. The fraction of sp³-hybridized carbons (Fsp3) is 0.0952. The van der Waals surface area contributed by atoms with Crippen molar-refractivity contribution in [1.29, 1.82) is 0 Å². The number of hydrogen-bond acceptors (Lipinski definition) is 3. The summed E-state index contributed by atoms with van der Waals surface area (Å²) < 4.78 is 0. The molecule has 4 rings (SSSR count). The molecule has 0 fully saturated rings. The van der Waals surface area contributed by atoms with Gasteiger partial charge in [-0.25, -0.2) is 0 Å². The summed E-state index contributed by atoms with van der Waals surface area (Å²) in [5.41, 5.74) is 9.95. The molecule has 4 N–H and O–H groups in total. The largest absolute Gasteiger partial charge is 0.480 e. The molecule has 0 bridgehead atoms. The molecule has 5 heteroatoms. The lowest BCUT2D eigenvalue weighted by atomic mass is 10.0. The Kier molecular flexibility index (Phi) is 4.32. The summed E-state index contributed by atoms with van der Waals surface area (Å²) >= 11 is 1.75. The molecule has 2 aromatic heterocycles. The highest BCUT2D eigenvalue weighted by molar-refractivity contribution is 7.18. The summed E-state index contributed by atoms with van der Waals surface area (Å²) in [6.45, 7) is 0. The zero-order valence-electron chi connectivity index (χ0n) is 14.0. The molecular formula is C21H18N2O2S. The number of H-pyrrole nitrogens is 1. The van der Waals surface area contributed by atoms with E-state index in [9.17, 15) is 4.79 Å². The Balaban J connectivity index is 1.69. The van der Waals surface area contributed by atoms with E-state index >= 15 is 0 Å². The van der Waals surface area contributed by atoms with Crippen LogP contribution in [-0.2, 0) is 11.2 Å². The first kappa shape index (κ1) is 16.6. The van der Waals surface area contributed by atoms with Gasteiger partial charge in [0.25, 0.3) is 0 Å². The minimum atomic E-state index is -0.985. The number of carbonyl (C=O) groups is 1. The van der Waals surface area contributed by atoms with Gasteiger partial charge < -0.3 is 15.8 Å². The Labute approximate surface area is 154 Å². The zero-order valence-corrected chi connectivity index (χ0v) is 14.8. The number of aromatic amines is 1. The number of aromatic nitrogens is 1. The maximum absolute atomic E-state index is 11.1. The van der Waals surface area contributed by atoms with Crippen molar-refractivity contribution in [3.63, 3.8) is 0 Å². The second-order valence-electron chi connectivity index (χ2n) is 6.25. The van der Waals surface area contributed by atoms with Crippen LogP contribution in [0.5, 0.6) is 0 Å². The van der Waals surface area contributed by atoms with Crippen molar-refractivity contribution in [1.82, 2.24) is 4.98 Å². The number of aliphatic carboxylic acids is 1. The Hall–Kier alpha value is -2.89. The van der Waals surface area contributed by atoms with Crippen molar-refractivity contribution in [3.8, 4) is 20.9 Å². The van der Waals surface area contributed by atoms with Gasteiger partial charge in [0, 0.05) is 33.3 Å². The van der Waals surface area contributed by atoms with E-state index in [1.165, 1.54) is 15.3 Å². The highest BCUT2D eigenvalue weighted by atomic mass is 32.1. The number of fused-ring (bicyclic) bond motifs is 1. The molecule has 0 amide bonds. The molecule has 1 atom stereocenters. The third-order valence-electron chi connectivity index (χ3n) is 4.47. The molecule has 0 saturated heterocycles. The number of rotatable bonds is 5. The van der Waals surface area contributed by atoms with Crippen LogP contribution in [0.3, 0.4) is 0 Å². The van der Waals surface area contributed by atoms with Crippen LogP contribution < -0.4 is 5.73 Å². The average molecular weight is 362 g/mol. The average Bonchev–Trinajstić information content (AvgIpc) is 3.29. The summed E-state index contributed by atoms with van der Waals surface area (Å²) in [4.78, 5) is 16.7. The molecule has 26 heavy (non-hydrogen) atoms. The van der Waals surface area contributed by atoms with Crippen LogP contribution in [-0.4, -0.2) is 22.1 Å². The maximum Gasteiger partial charge on any atom is 0.320 e. The highest BCUT2D eigenvalue weighted by Gasteiger charge is 2.15. The molecule has 4 nitrogen and oxygen atoms in total. The van der Waals surface area contributed by atoms with Crippen LogP contribution in [0.4, 0.5) is 0 Å². The van der Waals surface area contributed by atoms with Gasteiger partial charge in [0.15, 0.2) is 0 Å². The van der Waals surface area contributed by atoms with E-state index < -0.39 is 12.0 Å². The third-order valence-corrected chi connectivity index (χ3v) is 5.66. The lowest BCUT2D eigenvalue weighted by molar-refractivity contribution is -0.138. The summed E-state index contributed by atoms with van der Waals surface area (Å²) in [5.74, 6) is -0.985. The molecule has 2 heterocycles. The lowest BCUT2D eigenvalue weighted by Gasteiger charge is -2.05. The molecule has 0 aliphatic heterocycles. The van der Waals surface area contributed by atoms with Gasteiger partial charge in [-0.1, -0.05) is 36.4 Å². The highest BCUT2D eigenvalue weighted by Crippen LogP contribution is 2.36. The Morgan fingerprint density at radius 2 is 1.77 bits per heavy atom. The minimum Gasteiger partial charge on any atom is -0.480 e. The fourth-order valence-electron chi connectivity index (χ4n) is 3.08. The fourth-order valence-corrected chi connectivity index (χ4v) is 4.08. The minimum absolute atomic E-state index is 0.304. The smallest absolute Gasteiger partial charge is 0.320 e. The number of hydrogen-bond donors (Lipinski definition) is 3. The number of carboxylic acid groups (broad SMARTS) is 1. The Morgan fingerprint density at radius 1 is 1.04 bits per heavy atom. The first-order chi connectivity index (χ1) is 12.6. The molecule has 0 aliphatic carbocycles. The van der Waals surface area contributed by atoms with Gasteiger partial charge in [-0.05, 0) is 41.0 Å². The Morgan fingerprint density at radius 3 is 2.50 bits per heavy atom. The van der Waals surface area contributed by atoms with Crippen LogP contribution in [0.1, 0.15) is 5.56 Å². The van der Waals surface area contributed by atoms with E-state index in [0.717, 1.165) is 22.0 Å². The van der Waals surface area contributed by atoms with Crippen molar-refractivity contribution >= 4 is 28.2 Å². The van der Waals surface area contributed by atoms with Gasteiger partial charge in [-0.3, -0.25) is 4.79 Å². The summed E-state index contributed by atoms with van der Waals surface area (Å²) in [5, 5.41) is 10.1. The van der Waals surface area contributed by atoms with E-state index in [-0.39, 0.29) is 0 Å². The van der Waals surface area contributed by atoms with Crippen LogP contribution in [0, 0.1) is 0 Å². The number of nitrogens with one attached hydrogen (secondary N) is 1. The van der Waals surface area contributed by atoms with Crippen molar-refractivity contribution in [2.75, 3.05) is 0 Å². The molecule has 0 spiro atoms. The number of nitrogens with two attached hydrogens (primary N) is 1. The molecule has 130 valence electrons. The maximum atomic E-state index is 11.1. The standard InChI is InChI=1S/C21H18N2O2S/c22-17(21(24)25)11-15-12-23-18-7-6-14(10-16(15)18)20-9-8-19(26-20)13-4-2-1-3-5-13/h1-10,12,17,23H,11,22H2,(H,24,25). The topological polar surface area (TPSA) is 79.1 Å². The molecule has 1 unspecified atom stereocenters. The molecule has 0 saturated carbocycles. The monoisotopic (exact) mass is 362 g/mol. The van der Waals surface area contributed by atoms with E-state index in [1.807, 2.05) is 30.5 Å². The number of benzene rings is 2. The number of carboxylic acids is 1. The molecule has 4 aromatic rings. The van der Waals surface area contributed by atoms with Gasteiger partial charge in [0.1, 0.15) is 6.04 Å². The van der Waals surface area contributed by atoms with Gasteiger partial charge >= 0.3 is 5.97 Å². The lowest BCUT2D eigenvalue weighted by Crippen LogP contribution is -2.32. The van der Waals surface area contributed by atoms with Crippen molar-refractivity contribution < 1.29 is 9.90 Å². The van der Waals surface area contributed by atoms with E-state index in [0.29, 0.717) is 6.42 Å². The normalized spacial score (nSPS) is 12.3. The predicted molar refractivity (Wildman–Crippen MR) is 106 cm³/mol. The SMILES string of the molecule is NC(Cc1c[nH]c2ccc(-c3ccc(-c4ccccc4)s3)cc12)C(=O)O. The van der Waals surface area contributed by atoms with Gasteiger partial charge in [-0.2, -0.15) is 0 Å². The summed E-state index contributed by atoms with van der Waals surface area (Å²) in [7, 11) is 0. The molecule has 0 aliphatic rings. The van der Waals surface area contributed by atoms with Gasteiger partial charge in [0.2, 0.25) is 0 Å².